The minimum atomic E-state index is -0.151. The normalized spacial score (nSPS) is 9.58. The van der Waals surface area contributed by atoms with Crippen LogP contribution in [0.25, 0.3) is 0 Å². The number of carbonyl (C=O) groups is 1. The molecule has 1 amide bonds. The SMILES string of the molecule is CC=CC(=O)NCC#CCOc1ccccc1OC. The van der Waals surface area contributed by atoms with Gasteiger partial charge in [-0.15, -0.1) is 0 Å². The van der Waals surface area contributed by atoms with Gasteiger partial charge in [0.15, 0.2) is 11.5 Å². The molecule has 100 valence electrons. The summed E-state index contributed by atoms with van der Waals surface area (Å²) in [5.41, 5.74) is 0. The molecule has 4 nitrogen and oxygen atoms in total. The quantitative estimate of drug-likeness (QED) is 0.647. The molecule has 0 aliphatic carbocycles. The van der Waals surface area contributed by atoms with Crippen LogP contribution in [-0.4, -0.2) is 26.2 Å². The molecule has 0 fully saturated rings. The van der Waals surface area contributed by atoms with Crippen LogP contribution in [0.5, 0.6) is 11.5 Å². The van der Waals surface area contributed by atoms with E-state index >= 15 is 0 Å². The lowest BCUT2D eigenvalue weighted by molar-refractivity contribution is -0.116. The fourth-order valence-corrected chi connectivity index (χ4v) is 1.31. The van der Waals surface area contributed by atoms with Gasteiger partial charge in [-0.25, -0.2) is 0 Å². The van der Waals surface area contributed by atoms with Crippen LogP contribution in [-0.2, 0) is 4.79 Å². The van der Waals surface area contributed by atoms with Crippen molar-refractivity contribution < 1.29 is 14.3 Å². The molecule has 0 aromatic heterocycles. The molecule has 0 spiro atoms. The van der Waals surface area contributed by atoms with E-state index in [1.807, 2.05) is 24.3 Å². The third-order valence-electron chi connectivity index (χ3n) is 2.16. The molecule has 0 saturated carbocycles. The number of ether oxygens (including phenoxy) is 2. The second kappa shape index (κ2) is 8.65. The smallest absolute Gasteiger partial charge is 0.244 e. The molecule has 0 radical (unpaired) electrons. The van der Waals surface area contributed by atoms with Gasteiger partial charge in [0.25, 0.3) is 0 Å². The molecular weight excluding hydrogens is 242 g/mol. The summed E-state index contributed by atoms with van der Waals surface area (Å²) in [6.45, 7) is 2.34. The maximum Gasteiger partial charge on any atom is 0.244 e. The van der Waals surface area contributed by atoms with Crippen LogP contribution in [0.4, 0.5) is 0 Å². The maximum absolute atomic E-state index is 11.1. The second-order valence-corrected chi connectivity index (χ2v) is 3.51. The maximum atomic E-state index is 11.1. The van der Waals surface area contributed by atoms with Gasteiger partial charge in [-0.1, -0.05) is 30.0 Å². The van der Waals surface area contributed by atoms with Crippen molar-refractivity contribution in [2.45, 2.75) is 6.92 Å². The Morgan fingerprint density at radius 1 is 1.32 bits per heavy atom. The number of amides is 1. The van der Waals surface area contributed by atoms with E-state index < -0.39 is 0 Å². The molecule has 1 rings (SSSR count). The topological polar surface area (TPSA) is 47.6 Å². The van der Waals surface area contributed by atoms with E-state index in [-0.39, 0.29) is 12.5 Å². The van der Waals surface area contributed by atoms with Gasteiger partial charge >= 0.3 is 0 Å². The number of allylic oxidation sites excluding steroid dienone is 1. The first kappa shape index (κ1) is 14.7. The zero-order valence-electron chi connectivity index (χ0n) is 11.1. The Balaban J connectivity index is 2.33. The number of rotatable bonds is 5. The molecule has 0 atom stereocenters. The van der Waals surface area contributed by atoms with E-state index in [2.05, 4.69) is 17.2 Å². The molecule has 1 aromatic rings. The first-order valence-corrected chi connectivity index (χ1v) is 5.90. The molecule has 0 aliphatic rings. The molecule has 0 heterocycles. The monoisotopic (exact) mass is 259 g/mol. The fraction of sp³-hybridized carbons (Fsp3) is 0.267. The largest absolute Gasteiger partial charge is 0.493 e. The molecule has 0 bridgehead atoms. The van der Waals surface area contributed by atoms with Crippen molar-refractivity contribution in [2.24, 2.45) is 0 Å². The zero-order chi connectivity index (χ0) is 13.9. The molecule has 0 saturated heterocycles. The summed E-state index contributed by atoms with van der Waals surface area (Å²) in [5, 5.41) is 2.63. The van der Waals surface area contributed by atoms with Gasteiger partial charge in [-0.05, 0) is 25.1 Å². The molecule has 0 aliphatic heterocycles. The van der Waals surface area contributed by atoms with Gasteiger partial charge in [-0.2, -0.15) is 0 Å². The lowest BCUT2D eigenvalue weighted by atomic mass is 10.3. The third-order valence-corrected chi connectivity index (χ3v) is 2.16. The predicted octanol–water partition coefficient (Wildman–Crippen LogP) is 1.77. The highest BCUT2D eigenvalue weighted by molar-refractivity contribution is 5.87. The standard InChI is InChI=1S/C15H17NO3/c1-3-8-15(17)16-11-6-7-12-19-14-10-5-4-9-13(14)18-2/h3-5,8-10H,11-12H2,1-2H3,(H,16,17). The lowest BCUT2D eigenvalue weighted by Gasteiger charge is -2.07. The van der Waals surface area contributed by atoms with Crippen LogP contribution in [0.2, 0.25) is 0 Å². The van der Waals surface area contributed by atoms with Gasteiger partial charge < -0.3 is 14.8 Å². The highest BCUT2D eigenvalue weighted by Gasteiger charge is 2.00. The van der Waals surface area contributed by atoms with Gasteiger partial charge in [-0.3, -0.25) is 4.79 Å². The number of carbonyl (C=O) groups excluding carboxylic acids is 1. The van der Waals surface area contributed by atoms with E-state index in [0.717, 1.165) is 0 Å². The summed E-state index contributed by atoms with van der Waals surface area (Å²) in [6.07, 6.45) is 3.13. The number of para-hydroxylation sites is 2. The Labute approximate surface area is 113 Å². The van der Waals surface area contributed by atoms with E-state index in [1.165, 1.54) is 6.08 Å². The highest BCUT2D eigenvalue weighted by Crippen LogP contribution is 2.25. The number of nitrogens with one attached hydrogen (secondary N) is 1. The van der Waals surface area contributed by atoms with E-state index in [4.69, 9.17) is 9.47 Å². The van der Waals surface area contributed by atoms with Crippen molar-refractivity contribution in [1.82, 2.24) is 5.32 Å². The van der Waals surface area contributed by atoms with Crippen LogP contribution in [0.1, 0.15) is 6.92 Å². The minimum absolute atomic E-state index is 0.151. The third kappa shape index (κ3) is 5.64. The van der Waals surface area contributed by atoms with Crippen LogP contribution in [0.3, 0.4) is 0 Å². The molecule has 0 unspecified atom stereocenters. The summed E-state index contributed by atoms with van der Waals surface area (Å²) < 4.78 is 10.6. The molecule has 1 N–H and O–H groups in total. The second-order valence-electron chi connectivity index (χ2n) is 3.51. The average molecular weight is 259 g/mol. The Morgan fingerprint density at radius 2 is 2.05 bits per heavy atom. The van der Waals surface area contributed by atoms with Crippen LogP contribution < -0.4 is 14.8 Å². The first-order valence-electron chi connectivity index (χ1n) is 5.90. The zero-order valence-corrected chi connectivity index (χ0v) is 11.1. The molecular formula is C15H17NO3. The van der Waals surface area contributed by atoms with Crippen molar-refractivity contribution >= 4 is 5.91 Å². The summed E-state index contributed by atoms with van der Waals surface area (Å²) in [5.74, 6) is 6.79. The Bertz CT molecular complexity index is 498. The number of hydrogen-bond acceptors (Lipinski definition) is 3. The minimum Gasteiger partial charge on any atom is -0.493 e. The van der Waals surface area contributed by atoms with Crippen molar-refractivity contribution in [2.75, 3.05) is 20.3 Å². The Kier molecular flexibility index (Phi) is 6.67. The van der Waals surface area contributed by atoms with E-state index in [1.54, 1.807) is 20.1 Å². The molecule has 4 heteroatoms. The van der Waals surface area contributed by atoms with Gasteiger partial charge in [0.05, 0.1) is 13.7 Å². The first-order chi connectivity index (χ1) is 9.27. The highest BCUT2D eigenvalue weighted by atomic mass is 16.5. The average Bonchev–Trinajstić information content (AvgIpc) is 2.43. The van der Waals surface area contributed by atoms with Gasteiger partial charge in [0.1, 0.15) is 6.61 Å². The van der Waals surface area contributed by atoms with Crippen LogP contribution in [0.15, 0.2) is 36.4 Å². The summed E-state index contributed by atoms with van der Waals surface area (Å²) >= 11 is 0. The number of benzene rings is 1. The Hall–Kier alpha value is -2.41. The van der Waals surface area contributed by atoms with Gasteiger partial charge in [0.2, 0.25) is 5.91 Å². The van der Waals surface area contributed by atoms with E-state index in [9.17, 15) is 4.79 Å². The summed E-state index contributed by atoms with van der Waals surface area (Å²) in [4.78, 5) is 11.1. The van der Waals surface area contributed by atoms with Crippen molar-refractivity contribution in [3.05, 3.63) is 36.4 Å². The van der Waals surface area contributed by atoms with E-state index in [0.29, 0.717) is 18.0 Å². The summed E-state index contributed by atoms with van der Waals surface area (Å²) in [6, 6.07) is 7.37. The van der Waals surface area contributed by atoms with Crippen molar-refractivity contribution in [3.8, 4) is 23.3 Å². The lowest BCUT2D eigenvalue weighted by Crippen LogP contribution is -2.21. The molecule has 19 heavy (non-hydrogen) atoms. The Morgan fingerprint density at radius 3 is 2.74 bits per heavy atom. The fourth-order valence-electron chi connectivity index (χ4n) is 1.31. The number of methoxy groups -OCH3 is 1. The van der Waals surface area contributed by atoms with Crippen molar-refractivity contribution in [3.63, 3.8) is 0 Å². The van der Waals surface area contributed by atoms with Gasteiger partial charge in [0, 0.05) is 0 Å². The van der Waals surface area contributed by atoms with Crippen LogP contribution >= 0.6 is 0 Å². The summed E-state index contributed by atoms with van der Waals surface area (Å²) in [7, 11) is 1.59. The number of hydrogen-bond donors (Lipinski definition) is 1. The molecule has 1 aromatic carbocycles. The van der Waals surface area contributed by atoms with Crippen LogP contribution in [0, 0.1) is 11.8 Å². The van der Waals surface area contributed by atoms with Crippen molar-refractivity contribution in [1.29, 1.82) is 0 Å². The predicted molar refractivity (Wildman–Crippen MR) is 74.1 cm³/mol.